The molecule has 2 rings (SSSR count). The largest absolute Gasteiger partial charge is 0.461 e. The molecule has 11 heteroatoms. The first-order valence-corrected chi connectivity index (χ1v) is 13.0. The van der Waals surface area contributed by atoms with Crippen molar-refractivity contribution in [2.24, 2.45) is 0 Å². The van der Waals surface area contributed by atoms with Crippen molar-refractivity contribution in [2.75, 3.05) is 27.2 Å². The van der Waals surface area contributed by atoms with Gasteiger partial charge in [-0.15, -0.1) is 0 Å². The zero-order valence-corrected chi connectivity index (χ0v) is 22.5. The van der Waals surface area contributed by atoms with Crippen LogP contribution < -0.4 is 5.32 Å². The first-order chi connectivity index (χ1) is 16.3. The van der Waals surface area contributed by atoms with Crippen molar-refractivity contribution in [2.45, 2.75) is 59.7 Å². The van der Waals surface area contributed by atoms with E-state index in [-0.39, 0.29) is 23.2 Å². The average molecular weight is 510 g/mol. The maximum absolute atomic E-state index is 14.3. The fourth-order valence-electron chi connectivity index (χ4n) is 3.85. The number of ether oxygens (including phenoxy) is 1. The molecule has 0 saturated heterocycles. The highest BCUT2D eigenvalue weighted by atomic mass is 31.2. The number of hydrogen-bond acceptors (Lipinski definition) is 9. The van der Waals surface area contributed by atoms with E-state index in [2.05, 4.69) is 5.32 Å². The maximum Gasteiger partial charge on any atom is 0.360 e. The molecule has 1 unspecified atom stereocenters. The van der Waals surface area contributed by atoms with Crippen molar-refractivity contribution in [3.05, 3.63) is 62.2 Å². The Bertz CT molecular complexity index is 1050. The van der Waals surface area contributed by atoms with Gasteiger partial charge in [0.1, 0.15) is 6.61 Å². The van der Waals surface area contributed by atoms with Crippen LogP contribution in [0, 0.1) is 10.1 Å². The average Bonchev–Trinajstić information content (AvgIpc) is 2.71. The summed E-state index contributed by atoms with van der Waals surface area (Å²) in [5.41, 5.74) is 1.45. The minimum atomic E-state index is -3.97. The van der Waals surface area contributed by atoms with Crippen molar-refractivity contribution in [1.29, 1.82) is 0 Å². The zero-order valence-electron chi connectivity index (χ0n) is 21.7. The number of non-ortho nitro benzene ring substituents is 1. The molecule has 1 aliphatic rings. The van der Waals surface area contributed by atoms with Crippen LogP contribution in [0.4, 0.5) is 5.69 Å². The molecule has 194 valence electrons. The number of esters is 1. The Morgan fingerprint density at radius 2 is 1.74 bits per heavy atom. The fourth-order valence-corrected chi connectivity index (χ4v) is 6.30. The van der Waals surface area contributed by atoms with E-state index in [0.29, 0.717) is 23.5 Å². The third-order valence-corrected chi connectivity index (χ3v) is 7.71. The molecule has 35 heavy (non-hydrogen) atoms. The van der Waals surface area contributed by atoms with Crippen LogP contribution in [0.25, 0.3) is 0 Å². The number of hydrogen-bond donors (Lipinski definition) is 1. The number of benzene rings is 1. The van der Waals surface area contributed by atoms with Gasteiger partial charge in [0, 0.05) is 30.1 Å². The van der Waals surface area contributed by atoms with Crippen LogP contribution >= 0.6 is 7.60 Å². The highest BCUT2D eigenvalue weighted by Gasteiger charge is 2.46. The van der Waals surface area contributed by atoms with Crippen molar-refractivity contribution in [3.63, 3.8) is 0 Å². The summed E-state index contributed by atoms with van der Waals surface area (Å²) in [4.78, 5) is 26.2. The lowest BCUT2D eigenvalue weighted by Crippen LogP contribution is -2.31. The molecule has 0 amide bonds. The fraction of sp³-hybridized carbons (Fsp3) is 0.542. The highest BCUT2D eigenvalue weighted by molar-refractivity contribution is 7.58. The molecule has 0 spiro atoms. The second-order valence-electron chi connectivity index (χ2n) is 9.20. The molecular weight excluding hydrogens is 473 g/mol. The third kappa shape index (κ3) is 7.24. The van der Waals surface area contributed by atoms with Gasteiger partial charge in [-0.3, -0.25) is 14.7 Å². The molecule has 1 aromatic carbocycles. The van der Waals surface area contributed by atoms with Gasteiger partial charge in [-0.1, -0.05) is 12.1 Å². The second kappa shape index (κ2) is 11.9. The molecule has 0 saturated carbocycles. The van der Waals surface area contributed by atoms with Gasteiger partial charge in [0.05, 0.1) is 33.9 Å². The Labute approximate surface area is 207 Å². The number of likely N-dealkylation sites (N-methyl/N-ethyl adjacent to an activating group) is 1. The second-order valence-corrected chi connectivity index (χ2v) is 11.1. The summed E-state index contributed by atoms with van der Waals surface area (Å²) in [7, 11) is -0.251. The zero-order chi connectivity index (χ0) is 26.5. The predicted octanol–water partition coefficient (Wildman–Crippen LogP) is 4.94. The topological polar surface area (TPSA) is 120 Å². The molecule has 10 nitrogen and oxygen atoms in total. The molecule has 1 N–H and O–H groups in total. The van der Waals surface area contributed by atoms with Gasteiger partial charge in [-0.25, -0.2) is 4.79 Å². The Morgan fingerprint density at radius 3 is 2.26 bits per heavy atom. The van der Waals surface area contributed by atoms with E-state index in [4.69, 9.17) is 13.8 Å². The maximum atomic E-state index is 14.3. The monoisotopic (exact) mass is 509 g/mol. The van der Waals surface area contributed by atoms with Crippen LogP contribution in [0.15, 0.2) is 46.5 Å². The molecule has 1 heterocycles. The summed E-state index contributed by atoms with van der Waals surface area (Å²) in [5.74, 6) is -1.55. The summed E-state index contributed by atoms with van der Waals surface area (Å²) in [6.45, 7) is 11.0. The smallest absolute Gasteiger partial charge is 0.360 e. The number of carbonyl (C=O) groups is 1. The Morgan fingerprint density at radius 1 is 1.14 bits per heavy atom. The van der Waals surface area contributed by atoms with Crippen LogP contribution in [-0.2, 0) is 23.1 Å². The summed E-state index contributed by atoms with van der Waals surface area (Å²) in [6, 6.07) is 5.93. The lowest BCUT2D eigenvalue weighted by molar-refractivity contribution is -0.384. The Kier molecular flexibility index (Phi) is 9.80. The minimum absolute atomic E-state index is 0.144. The van der Waals surface area contributed by atoms with Gasteiger partial charge in [0.25, 0.3) is 5.69 Å². The van der Waals surface area contributed by atoms with E-state index in [0.717, 1.165) is 0 Å². The molecule has 0 radical (unpaired) electrons. The summed E-state index contributed by atoms with van der Waals surface area (Å²) < 4.78 is 31.6. The highest BCUT2D eigenvalue weighted by Crippen LogP contribution is 2.65. The number of allylic oxidation sites excluding steroid dienone is 3. The van der Waals surface area contributed by atoms with Crippen LogP contribution in [0.5, 0.6) is 0 Å². The third-order valence-electron chi connectivity index (χ3n) is 5.13. The number of nitro benzene ring substituents is 1. The van der Waals surface area contributed by atoms with E-state index < -0.39 is 36.6 Å². The number of nitrogens with one attached hydrogen (secondary N) is 1. The van der Waals surface area contributed by atoms with Gasteiger partial charge in [-0.05, 0) is 61.2 Å². The molecule has 1 aromatic rings. The van der Waals surface area contributed by atoms with Gasteiger partial charge >= 0.3 is 13.6 Å². The van der Waals surface area contributed by atoms with E-state index in [1.807, 2.05) is 19.0 Å². The van der Waals surface area contributed by atoms with Crippen LogP contribution in [-0.4, -0.2) is 55.2 Å². The Balaban J connectivity index is 2.74. The van der Waals surface area contributed by atoms with E-state index >= 15 is 0 Å². The number of nitro groups is 1. The predicted molar refractivity (Wildman–Crippen MR) is 134 cm³/mol. The summed E-state index contributed by atoms with van der Waals surface area (Å²) in [5, 5.41) is 14.9. The summed E-state index contributed by atoms with van der Waals surface area (Å²) >= 11 is 0. The van der Waals surface area contributed by atoms with Crippen molar-refractivity contribution < 1.29 is 28.1 Å². The standard InChI is InChI=1S/C24H36N3O7P/c1-15(2)33-35(31,34-16(3)4)23-18(6)25-17(5)21(24(28)32-13-12-26(7)8)22(23)19-10-9-11-20(14-19)27(29)30/h9-11,14-16,22,25H,12-13H2,1-8H3. The normalized spacial score (nSPS) is 16.8. The Hall–Kier alpha value is -2.52. The van der Waals surface area contributed by atoms with E-state index in [1.165, 1.54) is 18.2 Å². The number of nitrogens with zero attached hydrogens (tertiary/aromatic N) is 2. The number of carbonyl (C=O) groups excluding carboxylic acids is 1. The van der Waals surface area contributed by atoms with Gasteiger partial charge in [0.15, 0.2) is 0 Å². The summed E-state index contributed by atoms with van der Waals surface area (Å²) in [6.07, 6.45) is -0.902. The van der Waals surface area contributed by atoms with Gasteiger partial charge < -0.3 is 24.0 Å². The van der Waals surface area contributed by atoms with Crippen molar-refractivity contribution >= 4 is 19.3 Å². The molecule has 0 aliphatic carbocycles. The number of rotatable bonds is 11. The van der Waals surface area contributed by atoms with Gasteiger partial charge in [-0.2, -0.15) is 0 Å². The lowest BCUT2D eigenvalue weighted by atomic mass is 9.86. The SMILES string of the molecule is CC1=C(C(=O)OCCN(C)C)C(c2cccc([N+](=O)[O-])c2)C(P(=O)(OC(C)C)OC(C)C)=C(C)N1. The van der Waals surface area contributed by atoms with Crippen LogP contribution in [0.3, 0.4) is 0 Å². The first-order valence-electron chi connectivity index (χ1n) is 11.5. The van der Waals surface area contributed by atoms with Crippen molar-refractivity contribution in [1.82, 2.24) is 10.2 Å². The molecule has 0 fully saturated rings. The molecule has 1 atom stereocenters. The van der Waals surface area contributed by atoms with E-state index in [1.54, 1.807) is 47.6 Å². The minimum Gasteiger partial charge on any atom is -0.461 e. The van der Waals surface area contributed by atoms with Crippen molar-refractivity contribution in [3.8, 4) is 0 Å². The van der Waals surface area contributed by atoms with Gasteiger partial charge in [0.2, 0.25) is 0 Å². The van der Waals surface area contributed by atoms with Crippen LogP contribution in [0.2, 0.25) is 0 Å². The molecular formula is C24H36N3O7P. The lowest BCUT2D eigenvalue weighted by Gasteiger charge is -2.35. The molecule has 0 bridgehead atoms. The molecule has 1 aliphatic heterocycles. The van der Waals surface area contributed by atoms with E-state index in [9.17, 15) is 19.5 Å². The quantitative estimate of drug-likeness (QED) is 0.191. The first kappa shape index (κ1) is 28.7. The molecule has 0 aromatic heterocycles. The number of dihydropyridines is 1. The van der Waals surface area contributed by atoms with Crippen LogP contribution in [0.1, 0.15) is 53.0 Å².